The summed E-state index contributed by atoms with van der Waals surface area (Å²) in [6.07, 6.45) is 1.54. The van der Waals surface area contributed by atoms with Crippen molar-refractivity contribution in [3.8, 4) is 0 Å². The Labute approximate surface area is 78.0 Å². The fourth-order valence-electron chi connectivity index (χ4n) is 1.22. The number of fused-ring (bicyclic) bond motifs is 1. The smallest absolute Gasteiger partial charge is 0.332 e. The fraction of sp³-hybridized carbons (Fsp3) is 0.125. The van der Waals surface area contributed by atoms with Crippen LogP contribution < -0.4 is 17.1 Å². The monoisotopic (exact) mass is 192 g/mol. The lowest BCUT2D eigenvalue weighted by Gasteiger charge is -1.99. The third-order valence-corrected chi connectivity index (χ3v) is 1.91. The Morgan fingerprint density at radius 1 is 1.50 bits per heavy atom. The molecule has 0 aliphatic carbocycles. The van der Waals surface area contributed by atoms with Crippen LogP contribution in [0.5, 0.6) is 0 Å². The van der Waals surface area contributed by atoms with Gasteiger partial charge >= 0.3 is 11.2 Å². The third kappa shape index (κ3) is 1.08. The van der Waals surface area contributed by atoms with Gasteiger partial charge in [-0.3, -0.25) is 4.79 Å². The quantitative estimate of drug-likeness (QED) is 0.529. The van der Waals surface area contributed by atoms with Gasteiger partial charge in [0.15, 0.2) is 5.52 Å². The van der Waals surface area contributed by atoms with Crippen molar-refractivity contribution in [2.24, 2.45) is 0 Å². The van der Waals surface area contributed by atoms with Gasteiger partial charge in [0.2, 0.25) is 0 Å². The first kappa shape index (κ1) is 8.49. The molecule has 0 saturated heterocycles. The van der Waals surface area contributed by atoms with Crippen molar-refractivity contribution < 1.29 is 0 Å². The number of nitrogen functional groups attached to an aromatic ring is 1. The fourth-order valence-corrected chi connectivity index (χ4v) is 1.22. The molecule has 0 spiro atoms. The second kappa shape index (κ2) is 2.69. The maximum Gasteiger partial charge on any atom is 0.347 e. The molecule has 72 valence electrons. The highest BCUT2D eigenvalue weighted by atomic mass is 16.2. The van der Waals surface area contributed by atoms with Gasteiger partial charge in [0.1, 0.15) is 0 Å². The number of nitrogens with zero attached hydrogens (tertiary/aromatic N) is 2. The second-order valence-corrected chi connectivity index (χ2v) is 3.01. The minimum atomic E-state index is -0.644. The molecule has 2 heterocycles. The van der Waals surface area contributed by atoms with Gasteiger partial charge < -0.3 is 10.8 Å². The highest BCUT2D eigenvalue weighted by Crippen LogP contribution is 2.03. The van der Waals surface area contributed by atoms with Gasteiger partial charge in [-0.2, -0.15) is 4.68 Å². The Balaban J connectivity index is 3.06. The van der Waals surface area contributed by atoms with Crippen LogP contribution in [0.4, 0.5) is 0 Å². The maximum atomic E-state index is 11.4. The lowest BCUT2D eigenvalue weighted by molar-refractivity contribution is 0.851. The normalized spacial score (nSPS) is 10.6. The molecule has 0 amide bonds. The largest absolute Gasteiger partial charge is 0.347 e. The second-order valence-electron chi connectivity index (χ2n) is 3.01. The van der Waals surface area contributed by atoms with E-state index in [0.29, 0.717) is 10.2 Å². The molecule has 0 aliphatic rings. The minimum Gasteiger partial charge on any atom is -0.332 e. The highest BCUT2D eigenvalue weighted by Gasteiger charge is 2.05. The zero-order valence-electron chi connectivity index (χ0n) is 7.44. The van der Waals surface area contributed by atoms with Crippen LogP contribution in [0, 0.1) is 6.92 Å². The molecular weight excluding hydrogens is 184 g/mol. The standard InChI is InChI=1S/C8H8N4O2/c1-4-2-5-6(10-3-4)7(13)12(9)8(14)11-5/h2-3H,9H2,1H3,(H,11,14). The SMILES string of the molecule is Cc1cnc2c(=O)n(N)c(=O)[nH]c2c1. The molecule has 0 saturated carbocycles. The lowest BCUT2D eigenvalue weighted by atomic mass is 10.3. The number of pyridine rings is 1. The number of H-pyrrole nitrogens is 1. The molecule has 0 radical (unpaired) electrons. The average molecular weight is 192 g/mol. The van der Waals surface area contributed by atoms with Crippen molar-refractivity contribution in [1.82, 2.24) is 14.6 Å². The molecule has 14 heavy (non-hydrogen) atoms. The predicted molar refractivity (Wildman–Crippen MR) is 51.5 cm³/mol. The van der Waals surface area contributed by atoms with Crippen LogP contribution in [-0.4, -0.2) is 14.6 Å². The van der Waals surface area contributed by atoms with Crippen molar-refractivity contribution in [2.45, 2.75) is 6.92 Å². The lowest BCUT2D eigenvalue weighted by Crippen LogP contribution is -2.40. The average Bonchev–Trinajstić information content (AvgIpc) is 2.14. The Morgan fingerprint density at radius 2 is 2.21 bits per heavy atom. The van der Waals surface area contributed by atoms with Crippen LogP contribution in [0.2, 0.25) is 0 Å². The number of aromatic amines is 1. The van der Waals surface area contributed by atoms with Crippen LogP contribution in [0.25, 0.3) is 11.0 Å². The summed E-state index contributed by atoms with van der Waals surface area (Å²) in [6, 6.07) is 1.67. The van der Waals surface area contributed by atoms with Gasteiger partial charge in [-0.15, -0.1) is 0 Å². The molecule has 0 fully saturated rings. The molecular formula is C8H8N4O2. The van der Waals surface area contributed by atoms with E-state index in [9.17, 15) is 9.59 Å². The van der Waals surface area contributed by atoms with Crippen molar-refractivity contribution in [3.05, 3.63) is 38.7 Å². The topological polar surface area (TPSA) is 93.8 Å². The van der Waals surface area contributed by atoms with E-state index in [1.165, 1.54) is 0 Å². The van der Waals surface area contributed by atoms with Crippen molar-refractivity contribution in [2.75, 3.05) is 5.84 Å². The van der Waals surface area contributed by atoms with E-state index >= 15 is 0 Å². The van der Waals surface area contributed by atoms with E-state index in [4.69, 9.17) is 5.84 Å². The van der Waals surface area contributed by atoms with Gasteiger partial charge in [-0.1, -0.05) is 0 Å². The molecule has 2 rings (SSSR count). The Bertz CT molecular complexity index is 611. The number of hydrogen-bond donors (Lipinski definition) is 2. The summed E-state index contributed by atoms with van der Waals surface area (Å²) in [5, 5.41) is 0. The van der Waals surface area contributed by atoms with Crippen LogP contribution in [0.15, 0.2) is 21.9 Å². The number of aromatic nitrogens is 3. The molecule has 6 nitrogen and oxygen atoms in total. The number of nitrogens with two attached hydrogens (primary N) is 1. The molecule has 2 aromatic rings. The first-order chi connectivity index (χ1) is 6.59. The minimum absolute atomic E-state index is 0.165. The van der Waals surface area contributed by atoms with Crippen LogP contribution >= 0.6 is 0 Å². The summed E-state index contributed by atoms with van der Waals surface area (Å²) in [5.41, 5.74) is 0.195. The molecule has 0 aliphatic heterocycles. The van der Waals surface area contributed by atoms with Gasteiger partial charge in [0.25, 0.3) is 0 Å². The highest BCUT2D eigenvalue weighted by molar-refractivity contribution is 5.72. The first-order valence-electron chi connectivity index (χ1n) is 3.96. The zero-order valence-corrected chi connectivity index (χ0v) is 7.44. The van der Waals surface area contributed by atoms with Gasteiger partial charge in [-0.05, 0) is 18.6 Å². The summed E-state index contributed by atoms with van der Waals surface area (Å²) < 4.78 is 0.505. The number of hydrogen-bond acceptors (Lipinski definition) is 4. The first-order valence-corrected chi connectivity index (χ1v) is 3.96. The van der Waals surface area contributed by atoms with Crippen molar-refractivity contribution >= 4 is 11.0 Å². The van der Waals surface area contributed by atoms with E-state index < -0.39 is 11.2 Å². The summed E-state index contributed by atoms with van der Waals surface area (Å²) in [5.74, 6) is 5.21. The van der Waals surface area contributed by atoms with Gasteiger partial charge in [0.05, 0.1) is 5.52 Å². The molecule has 0 unspecified atom stereocenters. The van der Waals surface area contributed by atoms with E-state index in [2.05, 4.69) is 9.97 Å². The van der Waals surface area contributed by atoms with Gasteiger partial charge in [0, 0.05) is 6.20 Å². The molecule has 0 bridgehead atoms. The zero-order chi connectivity index (χ0) is 10.3. The van der Waals surface area contributed by atoms with E-state index in [1.54, 1.807) is 12.3 Å². The molecule has 2 aromatic heterocycles. The van der Waals surface area contributed by atoms with Crippen molar-refractivity contribution in [1.29, 1.82) is 0 Å². The number of nitrogens with one attached hydrogen (secondary N) is 1. The summed E-state index contributed by atoms with van der Waals surface area (Å²) >= 11 is 0. The van der Waals surface area contributed by atoms with Crippen molar-refractivity contribution in [3.63, 3.8) is 0 Å². The maximum absolute atomic E-state index is 11.4. The number of aryl methyl sites for hydroxylation is 1. The van der Waals surface area contributed by atoms with Crippen LogP contribution in [0.1, 0.15) is 5.56 Å². The Hall–Kier alpha value is -2.11. The molecule has 0 atom stereocenters. The summed E-state index contributed by atoms with van der Waals surface area (Å²) in [4.78, 5) is 28.9. The van der Waals surface area contributed by atoms with E-state index in [-0.39, 0.29) is 5.52 Å². The van der Waals surface area contributed by atoms with E-state index in [0.717, 1.165) is 5.56 Å². The van der Waals surface area contributed by atoms with Crippen LogP contribution in [-0.2, 0) is 0 Å². The van der Waals surface area contributed by atoms with Gasteiger partial charge in [-0.25, -0.2) is 9.78 Å². The summed E-state index contributed by atoms with van der Waals surface area (Å²) in [6.45, 7) is 1.82. The Morgan fingerprint density at radius 3 is 2.93 bits per heavy atom. The van der Waals surface area contributed by atoms with Crippen LogP contribution in [0.3, 0.4) is 0 Å². The molecule has 6 heteroatoms. The molecule has 3 N–H and O–H groups in total. The molecule has 0 aromatic carbocycles. The summed E-state index contributed by atoms with van der Waals surface area (Å²) in [7, 11) is 0. The predicted octanol–water partition coefficient (Wildman–Crippen LogP) is -0.893. The Kier molecular flexibility index (Phi) is 1.63. The number of rotatable bonds is 0. The third-order valence-electron chi connectivity index (χ3n) is 1.91. The van der Waals surface area contributed by atoms with E-state index in [1.807, 2.05) is 6.92 Å².